The van der Waals surface area contributed by atoms with Gasteiger partial charge in [-0.1, -0.05) is 0 Å². The van der Waals surface area contributed by atoms with Gasteiger partial charge in [-0.2, -0.15) is 9.61 Å². The van der Waals surface area contributed by atoms with E-state index in [0.717, 1.165) is 0 Å². The number of carbonyl (C=O) groups is 1. The van der Waals surface area contributed by atoms with E-state index in [0.29, 0.717) is 47.9 Å². The summed E-state index contributed by atoms with van der Waals surface area (Å²) in [6.07, 6.45) is 7.77. The van der Waals surface area contributed by atoms with Crippen molar-refractivity contribution in [2.45, 2.75) is 31.4 Å². The Hall–Kier alpha value is -3.44. The number of hydrogen-bond acceptors (Lipinski definition) is 8. The Morgan fingerprint density at radius 2 is 2.06 bits per heavy atom. The summed E-state index contributed by atoms with van der Waals surface area (Å²) in [5, 5.41) is 12.8. The molecule has 0 spiro atoms. The lowest BCUT2D eigenvalue weighted by Crippen LogP contribution is -2.37. The van der Waals surface area contributed by atoms with E-state index in [2.05, 4.69) is 26.0 Å². The lowest BCUT2D eigenvalue weighted by Gasteiger charge is -2.28. The molecule has 3 N–H and O–H groups in total. The SMILES string of the molecule is CNC(=O)c1cnn2c(NC)cc(Nc3cccn(C4COC4)c3=O)nc12.COC1CCC1. The van der Waals surface area contributed by atoms with Gasteiger partial charge in [-0.3, -0.25) is 9.59 Å². The zero-order valence-corrected chi connectivity index (χ0v) is 19.0. The van der Waals surface area contributed by atoms with Gasteiger partial charge in [0.1, 0.15) is 22.9 Å². The number of anilines is 3. The quantitative estimate of drug-likeness (QED) is 0.514. The van der Waals surface area contributed by atoms with Gasteiger partial charge in [0.2, 0.25) is 0 Å². The first kappa shape index (κ1) is 22.7. The fraction of sp³-hybridized carbons (Fsp3) is 0.455. The molecule has 0 unspecified atom stereocenters. The first-order valence-corrected chi connectivity index (χ1v) is 10.9. The van der Waals surface area contributed by atoms with Crippen molar-refractivity contribution < 1.29 is 14.3 Å². The summed E-state index contributed by atoms with van der Waals surface area (Å²) in [7, 11) is 5.07. The molecule has 176 valence electrons. The average molecular weight is 456 g/mol. The van der Waals surface area contributed by atoms with Crippen molar-refractivity contribution in [3.05, 3.63) is 46.5 Å². The van der Waals surface area contributed by atoms with E-state index in [1.807, 2.05) is 0 Å². The number of carbonyl (C=O) groups excluding carboxylic acids is 1. The number of amides is 1. The molecule has 1 aliphatic heterocycles. The van der Waals surface area contributed by atoms with Crippen LogP contribution in [0.3, 0.4) is 0 Å². The van der Waals surface area contributed by atoms with E-state index in [1.54, 1.807) is 50.2 Å². The lowest BCUT2D eigenvalue weighted by molar-refractivity contribution is -0.0247. The average Bonchev–Trinajstić information content (AvgIpc) is 3.18. The number of nitrogens with one attached hydrogen (secondary N) is 3. The molecular formula is C22H29N7O4. The summed E-state index contributed by atoms with van der Waals surface area (Å²) in [6.45, 7) is 1.06. The molecule has 3 aromatic heterocycles. The van der Waals surface area contributed by atoms with Crippen LogP contribution in [-0.2, 0) is 9.47 Å². The molecule has 33 heavy (non-hydrogen) atoms. The third-order valence-corrected chi connectivity index (χ3v) is 5.84. The van der Waals surface area contributed by atoms with E-state index in [9.17, 15) is 9.59 Å². The number of hydrogen-bond donors (Lipinski definition) is 3. The number of rotatable bonds is 6. The normalized spacial score (nSPS) is 15.7. The van der Waals surface area contributed by atoms with E-state index < -0.39 is 0 Å². The second-order valence-electron chi connectivity index (χ2n) is 7.89. The van der Waals surface area contributed by atoms with Crippen LogP contribution in [0.5, 0.6) is 0 Å². The van der Waals surface area contributed by atoms with Crippen LogP contribution in [0.4, 0.5) is 17.3 Å². The molecule has 0 bridgehead atoms. The minimum absolute atomic E-state index is 0.0530. The molecule has 1 aliphatic carbocycles. The predicted octanol–water partition coefficient (Wildman–Crippen LogP) is 1.79. The minimum Gasteiger partial charge on any atom is -0.381 e. The topological polar surface area (TPSA) is 124 Å². The molecule has 5 rings (SSSR count). The van der Waals surface area contributed by atoms with Crippen molar-refractivity contribution in [3.8, 4) is 0 Å². The van der Waals surface area contributed by atoms with Crippen molar-refractivity contribution in [2.75, 3.05) is 45.1 Å². The number of pyridine rings is 1. The highest BCUT2D eigenvalue weighted by Gasteiger charge is 2.22. The molecule has 3 aromatic rings. The standard InChI is InChI=1S/C17H19N7O3.C5H10O/c1-18-14-6-13(22-15-11(16(25)19-2)7-20-24(14)15)21-12-4-3-5-23(17(12)26)10-8-27-9-10;1-6-5-3-2-4-5/h3-7,10,18H,8-9H2,1-2H3,(H,19,25)(H,21,22);5H,2-4H2,1H3. The van der Waals surface area contributed by atoms with Gasteiger partial charge in [-0.15, -0.1) is 0 Å². The van der Waals surface area contributed by atoms with Crippen molar-refractivity contribution in [1.29, 1.82) is 0 Å². The van der Waals surface area contributed by atoms with Gasteiger partial charge in [0.15, 0.2) is 5.65 Å². The summed E-state index contributed by atoms with van der Waals surface area (Å²) >= 11 is 0. The molecule has 1 amide bonds. The Balaban J connectivity index is 0.000000376. The van der Waals surface area contributed by atoms with Crippen LogP contribution in [0, 0.1) is 0 Å². The van der Waals surface area contributed by atoms with Gasteiger partial charge in [0, 0.05) is 33.5 Å². The summed E-state index contributed by atoms with van der Waals surface area (Å²) in [5.74, 6) is 0.766. The van der Waals surface area contributed by atoms with Crippen molar-refractivity contribution in [2.24, 2.45) is 0 Å². The Bertz CT molecular complexity index is 1180. The molecule has 2 aliphatic rings. The molecule has 4 heterocycles. The minimum atomic E-state index is -0.288. The third-order valence-electron chi connectivity index (χ3n) is 5.84. The van der Waals surface area contributed by atoms with Crippen LogP contribution < -0.4 is 21.5 Å². The first-order valence-electron chi connectivity index (χ1n) is 10.9. The summed E-state index contributed by atoms with van der Waals surface area (Å²) in [4.78, 5) is 29.3. The molecule has 0 aromatic carbocycles. The van der Waals surface area contributed by atoms with Crippen LogP contribution in [0.1, 0.15) is 35.7 Å². The Morgan fingerprint density at radius 1 is 1.27 bits per heavy atom. The molecular weight excluding hydrogens is 426 g/mol. The molecule has 0 radical (unpaired) electrons. The van der Waals surface area contributed by atoms with Crippen LogP contribution in [0.15, 0.2) is 35.4 Å². The van der Waals surface area contributed by atoms with Gasteiger partial charge in [0.05, 0.1) is 31.6 Å². The fourth-order valence-electron chi connectivity index (χ4n) is 3.52. The van der Waals surface area contributed by atoms with Crippen LogP contribution in [0.25, 0.3) is 5.65 Å². The van der Waals surface area contributed by atoms with Gasteiger partial charge in [-0.05, 0) is 31.4 Å². The molecule has 2 fully saturated rings. The first-order chi connectivity index (χ1) is 16.0. The zero-order valence-electron chi connectivity index (χ0n) is 19.0. The lowest BCUT2D eigenvalue weighted by atomic mass is 9.96. The van der Waals surface area contributed by atoms with E-state index in [4.69, 9.17) is 9.47 Å². The van der Waals surface area contributed by atoms with Crippen molar-refractivity contribution in [1.82, 2.24) is 24.5 Å². The maximum Gasteiger partial charge on any atom is 0.274 e. The smallest absolute Gasteiger partial charge is 0.274 e. The highest BCUT2D eigenvalue weighted by Crippen LogP contribution is 2.22. The van der Waals surface area contributed by atoms with Gasteiger partial charge < -0.3 is 30.0 Å². The molecule has 11 heteroatoms. The molecule has 1 saturated heterocycles. The predicted molar refractivity (Wildman–Crippen MR) is 124 cm³/mol. The number of aromatic nitrogens is 4. The van der Waals surface area contributed by atoms with Gasteiger partial charge in [-0.25, -0.2) is 4.98 Å². The van der Waals surface area contributed by atoms with Gasteiger partial charge in [0.25, 0.3) is 11.5 Å². The van der Waals surface area contributed by atoms with E-state index in [1.165, 1.54) is 30.0 Å². The summed E-state index contributed by atoms with van der Waals surface area (Å²) in [5.41, 5.74) is 0.963. The van der Waals surface area contributed by atoms with Crippen LogP contribution in [-0.4, -0.2) is 65.6 Å². The second-order valence-corrected chi connectivity index (χ2v) is 7.89. The summed E-state index contributed by atoms with van der Waals surface area (Å²) < 4.78 is 13.3. The maximum absolute atomic E-state index is 12.7. The Labute approximate surface area is 191 Å². The molecule has 0 atom stereocenters. The monoisotopic (exact) mass is 455 g/mol. The Kier molecular flexibility index (Phi) is 6.90. The second kappa shape index (κ2) is 10.0. The number of nitrogens with zero attached hydrogens (tertiary/aromatic N) is 4. The van der Waals surface area contributed by atoms with E-state index in [-0.39, 0.29) is 17.5 Å². The highest BCUT2D eigenvalue weighted by molar-refractivity contribution is 5.99. The number of fused-ring (bicyclic) bond motifs is 1. The fourth-order valence-corrected chi connectivity index (χ4v) is 3.52. The number of methoxy groups -OCH3 is 1. The zero-order chi connectivity index (χ0) is 23.4. The van der Waals surface area contributed by atoms with Crippen LogP contribution >= 0.6 is 0 Å². The Morgan fingerprint density at radius 3 is 2.61 bits per heavy atom. The van der Waals surface area contributed by atoms with Crippen molar-refractivity contribution >= 4 is 28.9 Å². The number of ether oxygens (including phenoxy) is 2. The van der Waals surface area contributed by atoms with Crippen LogP contribution in [0.2, 0.25) is 0 Å². The van der Waals surface area contributed by atoms with Gasteiger partial charge >= 0.3 is 0 Å². The molecule has 1 saturated carbocycles. The molecule has 11 nitrogen and oxygen atoms in total. The van der Waals surface area contributed by atoms with E-state index >= 15 is 0 Å². The highest BCUT2D eigenvalue weighted by atomic mass is 16.5. The summed E-state index contributed by atoms with van der Waals surface area (Å²) in [6, 6.07) is 5.27. The third kappa shape index (κ3) is 4.69. The largest absolute Gasteiger partial charge is 0.381 e. The van der Waals surface area contributed by atoms with Crippen molar-refractivity contribution in [3.63, 3.8) is 0 Å². The maximum atomic E-state index is 12.7.